The van der Waals surface area contributed by atoms with Crippen LogP contribution in [0.5, 0.6) is 0 Å². The number of hydrogen-bond acceptors (Lipinski definition) is 3. The first-order valence-corrected chi connectivity index (χ1v) is 13.9. The Labute approximate surface area is 217 Å². The molecule has 0 radical (unpaired) electrons. The van der Waals surface area contributed by atoms with Gasteiger partial charge in [-0.1, -0.05) is 111 Å². The van der Waals surface area contributed by atoms with Crippen molar-refractivity contribution in [1.29, 1.82) is 0 Å². The van der Waals surface area contributed by atoms with E-state index in [1.165, 1.54) is 5.56 Å². The minimum atomic E-state index is -0.945. The molecule has 36 heavy (non-hydrogen) atoms. The van der Waals surface area contributed by atoms with Gasteiger partial charge >= 0.3 is 0 Å². The van der Waals surface area contributed by atoms with Crippen molar-refractivity contribution >= 4 is 0 Å². The zero-order chi connectivity index (χ0) is 25.2. The summed E-state index contributed by atoms with van der Waals surface area (Å²) in [7, 11) is 0. The number of likely N-dealkylation sites (tertiary alicyclic amines) is 1. The van der Waals surface area contributed by atoms with Gasteiger partial charge in [-0.25, -0.2) is 0 Å². The Kier molecular flexibility index (Phi) is 9.75. The molecule has 1 heterocycles. The summed E-state index contributed by atoms with van der Waals surface area (Å²) in [5, 5.41) is 22.6. The van der Waals surface area contributed by atoms with Gasteiger partial charge in [0.25, 0.3) is 0 Å². The molecule has 0 spiro atoms. The second-order valence-corrected chi connectivity index (χ2v) is 10.5. The summed E-state index contributed by atoms with van der Waals surface area (Å²) in [5.74, 6) is 0.206. The fourth-order valence-corrected chi connectivity index (χ4v) is 5.81. The maximum atomic E-state index is 12.1. The van der Waals surface area contributed by atoms with Gasteiger partial charge in [0.2, 0.25) is 0 Å². The van der Waals surface area contributed by atoms with E-state index in [4.69, 9.17) is 0 Å². The number of unbranched alkanes of at least 4 members (excludes halogenated alkanes) is 2. The first-order valence-electron chi connectivity index (χ1n) is 13.9. The molecule has 0 amide bonds. The molecule has 0 aliphatic carbocycles. The molecule has 192 valence electrons. The quantitative estimate of drug-likeness (QED) is 0.275. The summed E-state index contributed by atoms with van der Waals surface area (Å²) < 4.78 is 0. The van der Waals surface area contributed by atoms with E-state index in [0.29, 0.717) is 0 Å². The molecule has 1 saturated heterocycles. The maximum absolute atomic E-state index is 12.1. The maximum Gasteiger partial charge on any atom is 0.117 e. The van der Waals surface area contributed by atoms with Crippen LogP contribution in [0, 0.1) is 5.92 Å². The van der Waals surface area contributed by atoms with E-state index in [2.05, 4.69) is 60.4 Å². The number of benzene rings is 3. The third kappa shape index (κ3) is 6.64. The molecule has 1 aliphatic rings. The first kappa shape index (κ1) is 26.6. The fraction of sp³-hybridized carbons (Fsp3) is 0.455. The summed E-state index contributed by atoms with van der Waals surface area (Å²) in [5.41, 5.74) is 3.44. The van der Waals surface area contributed by atoms with Crippen molar-refractivity contribution in [2.45, 2.75) is 70.0 Å². The number of aliphatic hydroxyl groups is 2. The van der Waals surface area contributed by atoms with Crippen LogP contribution in [0.15, 0.2) is 84.9 Å². The van der Waals surface area contributed by atoms with Crippen LogP contribution in [-0.4, -0.2) is 34.7 Å². The Balaban J connectivity index is 1.22. The first-order chi connectivity index (χ1) is 17.6. The van der Waals surface area contributed by atoms with E-state index in [9.17, 15) is 10.2 Å². The Morgan fingerprint density at radius 1 is 0.806 bits per heavy atom. The Hall–Kier alpha value is -2.46. The molecule has 3 aromatic rings. The van der Waals surface area contributed by atoms with E-state index < -0.39 is 5.60 Å². The van der Waals surface area contributed by atoms with Gasteiger partial charge < -0.3 is 15.1 Å². The van der Waals surface area contributed by atoms with Gasteiger partial charge in [0.1, 0.15) is 5.60 Å². The van der Waals surface area contributed by atoms with Crippen molar-refractivity contribution in [1.82, 2.24) is 4.90 Å². The van der Waals surface area contributed by atoms with Crippen molar-refractivity contribution in [3.05, 3.63) is 107 Å². The average Bonchev–Trinajstić information content (AvgIpc) is 2.94. The molecule has 1 atom stereocenters. The van der Waals surface area contributed by atoms with Gasteiger partial charge in [0, 0.05) is 0 Å². The summed E-state index contributed by atoms with van der Waals surface area (Å²) in [4.78, 5) is 2.55. The van der Waals surface area contributed by atoms with Crippen molar-refractivity contribution in [3.63, 3.8) is 0 Å². The van der Waals surface area contributed by atoms with Crippen LogP contribution < -0.4 is 0 Å². The molecule has 3 heteroatoms. The molecule has 2 N–H and O–H groups in total. The van der Waals surface area contributed by atoms with Crippen LogP contribution in [0.4, 0.5) is 0 Å². The predicted octanol–water partition coefficient (Wildman–Crippen LogP) is 6.88. The molecule has 1 fully saturated rings. The number of nitrogens with zero attached hydrogens (tertiary/aromatic N) is 1. The molecule has 1 aliphatic heterocycles. The van der Waals surface area contributed by atoms with E-state index in [0.717, 1.165) is 87.7 Å². The Morgan fingerprint density at radius 2 is 1.39 bits per heavy atom. The van der Waals surface area contributed by atoms with E-state index in [-0.39, 0.29) is 12.0 Å². The van der Waals surface area contributed by atoms with Gasteiger partial charge in [0.15, 0.2) is 0 Å². The molecule has 1 unspecified atom stereocenters. The highest BCUT2D eigenvalue weighted by molar-refractivity contribution is 5.37. The van der Waals surface area contributed by atoms with Crippen LogP contribution in [0.2, 0.25) is 0 Å². The Bertz CT molecular complexity index is 971. The third-order valence-electron chi connectivity index (χ3n) is 7.96. The van der Waals surface area contributed by atoms with Gasteiger partial charge in [-0.3, -0.25) is 0 Å². The molecule has 4 rings (SSSR count). The van der Waals surface area contributed by atoms with Crippen LogP contribution in [-0.2, 0) is 12.0 Å². The van der Waals surface area contributed by atoms with E-state index >= 15 is 0 Å². The van der Waals surface area contributed by atoms with Crippen LogP contribution in [0.25, 0.3) is 0 Å². The second kappa shape index (κ2) is 13.2. The molecule has 3 aromatic carbocycles. The van der Waals surface area contributed by atoms with Gasteiger partial charge in [-0.05, 0) is 79.9 Å². The number of piperidine rings is 1. The lowest BCUT2D eigenvalue weighted by molar-refractivity contribution is -0.0143. The van der Waals surface area contributed by atoms with Crippen LogP contribution in [0.3, 0.4) is 0 Å². The monoisotopic (exact) mass is 485 g/mol. The highest BCUT2D eigenvalue weighted by Crippen LogP contribution is 2.41. The average molecular weight is 486 g/mol. The highest BCUT2D eigenvalue weighted by Gasteiger charge is 2.41. The highest BCUT2D eigenvalue weighted by atomic mass is 16.3. The number of aliphatic hydroxyl groups excluding tert-OH is 1. The summed E-state index contributed by atoms with van der Waals surface area (Å²) in [6, 6.07) is 28.9. The van der Waals surface area contributed by atoms with E-state index in [1.54, 1.807) is 0 Å². The van der Waals surface area contributed by atoms with E-state index in [1.807, 2.05) is 36.4 Å². The lowest BCUT2D eigenvalue weighted by Gasteiger charge is -2.42. The Morgan fingerprint density at radius 3 is 1.94 bits per heavy atom. The summed E-state index contributed by atoms with van der Waals surface area (Å²) in [6.07, 6.45) is 8.07. The van der Waals surface area contributed by atoms with Crippen LogP contribution >= 0.6 is 0 Å². The SMILES string of the molecule is CCCc1ccc(C(O)CCCCCN2CCC(C(O)(c3ccccc3)c3ccccc3)CC2)cc1. The minimum Gasteiger partial charge on any atom is -0.388 e. The topological polar surface area (TPSA) is 43.7 Å². The standard InChI is InChI=1S/C33H43NO2/c1-2-12-27-18-20-28(21-19-27)32(35)17-10-5-11-24-34-25-22-31(23-26-34)33(36,29-13-6-3-7-14-29)30-15-8-4-9-16-30/h3-4,6-9,13-16,18-21,31-32,35-36H,2,5,10-12,17,22-26H2,1H3. The lowest BCUT2D eigenvalue weighted by atomic mass is 9.72. The minimum absolute atomic E-state index is 0.206. The summed E-state index contributed by atoms with van der Waals surface area (Å²) in [6.45, 7) is 5.35. The van der Waals surface area contributed by atoms with Gasteiger partial charge in [0.05, 0.1) is 6.10 Å². The van der Waals surface area contributed by atoms with Crippen molar-refractivity contribution in [2.24, 2.45) is 5.92 Å². The van der Waals surface area contributed by atoms with Crippen molar-refractivity contribution in [2.75, 3.05) is 19.6 Å². The zero-order valence-corrected chi connectivity index (χ0v) is 21.9. The largest absolute Gasteiger partial charge is 0.388 e. The molecule has 3 nitrogen and oxygen atoms in total. The lowest BCUT2D eigenvalue weighted by Crippen LogP contribution is -2.44. The number of hydrogen-bond donors (Lipinski definition) is 2. The molecule has 0 bridgehead atoms. The van der Waals surface area contributed by atoms with Gasteiger partial charge in [-0.2, -0.15) is 0 Å². The smallest absolute Gasteiger partial charge is 0.117 e. The zero-order valence-electron chi connectivity index (χ0n) is 21.9. The predicted molar refractivity (Wildman–Crippen MR) is 149 cm³/mol. The van der Waals surface area contributed by atoms with Gasteiger partial charge in [-0.15, -0.1) is 0 Å². The van der Waals surface area contributed by atoms with Crippen molar-refractivity contribution < 1.29 is 10.2 Å². The molecule has 0 aromatic heterocycles. The molecular formula is C33H43NO2. The molecule has 0 saturated carbocycles. The second-order valence-electron chi connectivity index (χ2n) is 10.5. The number of rotatable bonds is 12. The number of aryl methyl sites for hydroxylation is 1. The molecular weight excluding hydrogens is 442 g/mol. The summed E-state index contributed by atoms with van der Waals surface area (Å²) >= 11 is 0. The third-order valence-corrected chi connectivity index (χ3v) is 7.96. The normalized spacial score (nSPS) is 16.2. The fourth-order valence-electron chi connectivity index (χ4n) is 5.81. The van der Waals surface area contributed by atoms with Crippen molar-refractivity contribution in [3.8, 4) is 0 Å². The van der Waals surface area contributed by atoms with Crippen LogP contribution in [0.1, 0.15) is 80.2 Å².